The summed E-state index contributed by atoms with van der Waals surface area (Å²) in [4.78, 5) is 0. The minimum atomic E-state index is 0.223. The van der Waals surface area contributed by atoms with Crippen molar-refractivity contribution in [3.05, 3.63) is 42.0 Å². The van der Waals surface area contributed by atoms with Gasteiger partial charge < -0.3 is 14.8 Å². The van der Waals surface area contributed by atoms with E-state index in [1.54, 1.807) is 7.11 Å². The topological polar surface area (TPSA) is 30.5 Å². The Labute approximate surface area is 126 Å². The zero-order valence-electron chi connectivity index (χ0n) is 12.8. The average Bonchev–Trinajstić information content (AvgIpc) is 2.56. The van der Waals surface area contributed by atoms with Crippen molar-refractivity contribution in [2.75, 3.05) is 20.8 Å². The molecule has 1 aliphatic rings. The number of hydrogen-bond donors (Lipinski definition) is 1. The van der Waals surface area contributed by atoms with Crippen molar-refractivity contribution >= 4 is 10.8 Å². The van der Waals surface area contributed by atoms with Gasteiger partial charge in [0, 0.05) is 12.0 Å². The normalized spacial score (nSPS) is 20.4. The molecule has 0 saturated carbocycles. The summed E-state index contributed by atoms with van der Waals surface area (Å²) in [5.74, 6) is 0.925. The first-order chi connectivity index (χ1) is 10.3. The summed E-state index contributed by atoms with van der Waals surface area (Å²) < 4.78 is 11.5. The molecule has 0 bridgehead atoms. The van der Waals surface area contributed by atoms with E-state index in [4.69, 9.17) is 9.47 Å². The van der Waals surface area contributed by atoms with Crippen LogP contribution in [0.1, 0.15) is 30.9 Å². The van der Waals surface area contributed by atoms with Crippen LogP contribution < -0.4 is 10.1 Å². The van der Waals surface area contributed by atoms with Gasteiger partial charge in [-0.3, -0.25) is 0 Å². The smallest absolute Gasteiger partial charge is 0.126 e. The van der Waals surface area contributed by atoms with Gasteiger partial charge in [0.1, 0.15) is 5.75 Å². The highest BCUT2D eigenvalue weighted by Crippen LogP contribution is 2.35. The second-order valence-corrected chi connectivity index (χ2v) is 5.57. The van der Waals surface area contributed by atoms with Crippen molar-refractivity contribution in [3.8, 4) is 5.75 Å². The van der Waals surface area contributed by atoms with Gasteiger partial charge in [-0.1, -0.05) is 30.3 Å². The Hall–Kier alpha value is -1.58. The van der Waals surface area contributed by atoms with Gasteiger partial charge in [0.2, 0.25) is 0 Å². The maximum atomic E-state index is 6.00. The Morgan fingerprint density at radius 1 is 1.14 bits per heavy atom. The Kier molecular flexibility index (Phi) is 4.42. The average molecular weight is 285 g/mol. The van der Waals surface area contributed by atoms with E-state index in [2.05, 4.69) is 41.7 Å². The highest BCUT2D eigenvalue weighted by molar-refractivity contribution is 5.91. The Bertz CT molecular complexity index is 605. The number of methoxy groups -OCH3 is 1. The SMILES string of the molecule is CNC(c1ccc(OC)c2ccccc12)C1CCCCO1. The lowest BCUT2D eigenvalue weighted by molar-refractivity contribution is -0.00633. The Balaban J connectivity index is 2.05. The van der Waals surface area contributed by atoms with Crippen LogP contribution in [0.5, 0.6) is 5.75 Å². The van der Waals surface area contributed by atoms with Gasteiger partial charge in [-0.2, -0.15) is 0 Å². The summed E-state index contributed by atoms with van der Waals surface area (Å²) in [7, 11) is 3.74. The molecule has 2 atom stereocenters. The molecular weight excluding hydrogens is 262 g/mol. The molecule has 0 amide bonds. The summed E-state index contributed by atoms with van der Waals surface area (Å²) in [6.45, 7) is 0.872. The minimum absolute atomic E-state index is 0.223. The number of nitrogens with one attached hydrogen (secondary N) is 1. The van der Waals surface area contributed by atoms with Crippen LogP contribution >= 0.6 is 0 Å². The largest absolute Gasteiger partial charge is 0.496 e. The molecular formula is C18H23NO2. The first-order valence-corrected chi connectivity index (χ1v) is 7.69. The van der Waals surface area contributed by atoms with Crippen molar-refractivity contribution < 1.29 is 9.47 Å². The molecule has 1 fully saturated rings. The molecule has 0 aromatic heterocycles. The lowest BCUT2D eigenvalue weighted by Crippen LogP contribution is -2.34. The fourth-order valence-corrected chi connectivity index (χ4v) is 3.31. The monoisotopic (exact) mass is 285 g/mol. The van der Waals surface area contributed by atoms with Crippen LogP contribution in [0.4, 0.5) is 0 Å². The van der Waals surface area contributed by atoms with Crippen molar-refractivity contribution in [1.82, 2.24) is 5.32 Å². The van der Waals surface area contributed by atoms with Crippen molar-refractivity contribution in [3.63, 3.8) is 0 Å². The molecule has 2 unspecified atom stereocenters. The van der Waals surface area contributed by atoms with Gasteiger partial charge in [0.05, 0.1) is 19.3 Å². The summed E-state index contributed by atoms with van der Waals surface area (Å²) in [6, 6.07) is 12.9. The number of rotatable bonds is 4. The highest BCUT2D eigenvalue weighted by atomic mass is 16.5. The van der Waals surface area contributed by atoms with Crippen LogP contribution in [-0.4, -0.2) is 26.9 Å². The molecule has 0 aliphatic carbocycles. The maximum absolute atomic E-state index is 6.00. The van der Waals surface area contributed by atoms with Crippen molar-refractivity contribution in [1.29, 1.82) is 0 Å². The molecule has 21 heavy (non-hydrogen) atoms. The summed E-state index contributed by atoms with van der Waals surface area (Å²) in [5, 5.41) is 5.85. The number of ether oxygens (including phenoxy) is 2. The zero-order chi connectivity index (χ0) is 14.7. The molecule has 2 aromatic rings. The van der Waals surface area contributed by atoms with E-state index in [9.17, 15) is 0 Å². The van der Waals surface area contributed by atoms with Crippen LogP contribution in [0.3, 0.4) is 0 Å². The number of benzene rings is 2. The van der Waals surface area contributed by atoms with E-state index >= 15 is 0 Å². The summed E-state index contributed by atoms with van der Waals surface area (Å²) in [5.41, 5.74) is 1.29. The van der Waals surface area contributed by atoms with E-state index in [1.165, 1.54) is 23.8 Å². The third kappa shape index (κ3) is 2.76. The van der Waals surface area contributed by atoms with Gasteiger partial charge in [-0.15, -0.1) is 0 Å². The van der Waals surface area contributed by atoms with Gasteiger partial charge in [-0.25, -0.2) is 0 Å². The van der Waals surface area contributed by atoms with E-state index in [1.807, 2.05) is 7.05 Å². The lowest BCUT2D eigenvalue weighted by atomic mass is 9.91. The van der Waals surface area contributed by atoms with E-state index in [0.717, 1.165) is 24.2 Å². The number of hydrogen-bond acceptors (Lipinski definition) is 3. The molecule has 3 rings (SSSR count). The Morgan fingerprint density at radius 3 is 2.62 bits per heavy atom. The van der Waals surface area contributed by atoms with E-state index in [-0.39, 0.29) is 12.1 Å². The maximum Gasteiger partial charge on any atom is 0.126 e. The molecule has 0 radical (unpaired) electrons. The third-order valence-corrected chi connectivity index (χ3v) is 4.37. The predicted molar refractivity (Wildman–Crippen MR) is 85.9 cm³/mol. The van der Waals surface area contributed by atoms with Crippen LogP contribution in [0.2, 0.25) is 0 Å². The van der Waals surface area contributed by atoms with Gasteiger partial charge >= 0.3 is 0 Å². The first-order valence-electron chi connectivity index (χ1n) is 7.69. The van der Waals surface area contributed by atoms with Crippen LogP contribution in [-0.2, 0) is 4.74 Å². The molecule has 3 heteroatoms. The summed E-state index contributed by atoms with van der Waals surface area (Å²) in [6.07, 6.45) is 3.79. The Morgan fingerprint density at radius 2 is 1.95 bits per heavy atom. The molecule has 0 spiro atoms. The van der Waals surface area contributed by atoms with Crippen LogP contribution in [0.15, 0.2) is 36.4 Å². The predicted octanol–water partition coefficient (Wildman–Crippen LogP) is 3.68. The molecule has 1 heterocycles. The molecule has 3 nitrogen and oxygen atoms in total. The van der Waals surface area contributed by atoms with E-state index in [0.29, 0.717) is 0 Å². The molecule has 1 aliphatic heterocycles. The molecule has 1 saturated heterocycles. The third-order valence-electron chi connectivity index (χ3n) is 4.37. The van der Waals surface area contributed by atoms with Gasteiger partial charge in [0.15, 0.2) is 0 Å². The minimum Gasteiger partial charge on any atom is -0.496 e. The molecule has 2 aromatic carbocycles. The quantitative estimate of drug-likeness (QED) is 0.929. The zero-order valence-corrected chi connectivity index (χ0v) is 12.8. The van der Waals surface area contributed by atoms with Crippen LogP contribution in [0, 0.1) is 0 Å². The lowest BCUT2D eigenvalue weighted by Gasteiger charge is -2.31. The fourth-order valence-electron chi connectivity index (χ4n) is 3.31. The van der Waals surface area contributed by atoms with Crippen LogP contribution in [0.25, 0.3) is 10.8 Å². The second-order valence-electron chi connectivity index (χ2n) is 5.57. The number of likely N-dealkylation sites (N-methyl/N-ethyl adjacent to an activating group) is 1. The van der Waals surface area contributed by atoms with Gasteiger partial charge in [-0.05, 0) is 43.3 Å². The van der Waals surface area contributed by atoms with Crippen molar-refractivity contribution in [2.24, 2.45) is 0 Å². The fraction of sp³-hybridized carbons (Fsp3) is 0.444. The number of fused-ring (bicyclic) bond motifs is 1. The highest BCUT2D eigenvalue weighted by Gasteiger charge is 2.26. The molecule has 112 valence electrons. The van der Waals surface area contributed by atoms with E-state index < -0.39 is 0 Å². The van der Waals surface area contributed by atoms with Crippen molar-refractivity contribution in [2.45, 2.75) is 31.4 Å². The summed E-state index contributed by atoms with van der Waals surface area (Å²) >= 11 is 0. The standard InChI is InChI=1S/C18H23NO2/c1-19-18(17-9-5-6-12-21-17)15-10-11-16(20-2)14-8-4-3-7-13(14)15/h3-4,7-8,10-11,17-19H,5-6,9,12H2,1-2H3. The van der Waals surface area contributed by atoms with Gasteiger partial charge in [0.25, 0.3) is 0 Å². The molecule has 1 N–H and O–H groups in total. The second kappa shape index (κ2) is 6.46. The first kappa shape index (κ1) is 14.4.